The number of rotatable bonds is 5. The maximum absolute atomic E-state index is 13.4. The quantitative estimate of drug-likeness (QED) is 0.788. The van der Waals surface area contributed by atoms with E-state index in [9.17, 15) is 13.2 Å². The number of sulfonamides is 1. The first-order valence-electron chi connectivity index (χ1n) is 10.7. The summed E-state index contributed by atoms with van der Waals surface area (Å²) in [6, 6.07) is 8.70. The molecule has 1 spiro atoms. The van der Waals surface area contributed by atoms with Crippen LogP contribution in [0.4, 0.5) is 0 Å². The van der Waals surface area contributed by atoms with Crippen LogP contribution in [0.5, 0.6) is 0 Å². The number of carbonyl (C=O) groups is 1. The van der Waals surface area contributed by atoms with Crippen LogP contribution in [0, 0.1) is 5.92 Å². The van der Waals surface area contributed by atoms with Gasteiger partial charge in [0.2, 0.25) is 15.9 Å². The van der Waals surface area contributed by atoms with Crippen molar-refractivity contribution in [3.05, 3.63) is 36.5 Å². The molecule has 1 aromatic heterocycles. The summed E-state index contributed by atoms with van der Waals surface area (Å²) in [4.78, 5) is 19.3. The third-order valence-electron chi connectivity index (χ3n) is 6.59. The number of benzene rings is 1. The maximum Gasteiger partial charge on any atom is 0.245 e. The van der Waals surface area contributed by atoms with E-state index in [-0.39, 0.29) is 16.8 Å². The van der Waals surface area contributed by atoms with Gasteiger partial charge in [-0.05, 0) is 37.8 Å². The van der Waals surface area contributed by atoms with E-state index in [0.717, 1.165) is 11.8 Å². The van der Waals surface area contributed by atoms with Crippen LogP contribution in [0.25, 0.3) is 10.9 Å². The van der Waals surface area contributed by atoms with E-state index >= 15 is 0 Å². The number of aromatic nitrogens is 1. The van der Waals surface area contributed by atoms with Crippen molar-refractivity contribution in [3.8, 4) is 0 Å². The van der Waals surface area contributed by atoms with Crippen molar-refractivity contribution in [1.82, 2.24) is 19.5 Å². The Bertz CT molecular complexity index is 1040. The second-order valence-electron chi connectivity index (χ2n) is 8.60. The smallest absolute Gasteiger partial charge is 0.245 e. The largest absolute Gasteiger partial charge is 0.323 e. The lowest BCUT2D eigenvalue weighted by molar-refractivity contribution is -0.133. The molecule has 7 nitrogen and oxygen atoms in total. The molecule has 0 radical (unpaired) electrons. The summed E-state index contributed by atoms with van der Waals surface area (Å²) in [5, 5.41) is 4.29. The number of para-hydroxylation sites is 1. The summed E-state index contributed by atoms with van der Waals surface area (Å²) in [7, 11) is -3.67. The number of piperidine rings is 1. The SMILES string of the molecule is CC[C@@H](C)CN1C(=O)[C@H](C)NC12CCN(S(=O)(=O)c1cccc3cccnc13)CC2. The van der Waals surface area contributed by atoms with Gasteiger partial charge in [-0.15, -0.1) is 0 Å². The zero-order valence-electron chi connectivity index (χ0n) is 17.8. The Kier molecular flexibility index (Phi) is 5.59. The molecule has 2 fully saturated rings. The van der Waals surface area contributed by atoms with Gasteiger partial charge in [0.15, 0.2) is 0 Å². The topological polar surface area (TPSA) is 82.6 Å². The number of nitrogens with zero attached hydrogens (tertiary/aromatic N) is 3. The molecule has 0 bridgehead atoms. The van der Waals surface area contributed by atoms with Crippen LogP contribution in [0.2, 0.25) is 0 Å². The number of nitrogens with one attached hydrogen (secondary N) is 1. The normalized spacial score (nSPS) is 23.4. The number of fused-ring (bicyclic) bond motifs is 1. The molecule has 2 aliphatic heterocycles. The second kappa shape index (κ2) is 7.90. The fourth-order valence-corrected chi connectivity index (χ4v) is 6.23. The number of hydrogen-bond acceptors (Lipinski definition) is 5. The van der Waals surface area contributed by atoms with Crippen LogP contribution in [0.1, 0.15) is 40.0 Å². The van der Waals surface area contributed by atoms with E-state index in [0.29, 0.717) is 43.9 Å². The van der Waals surface area contributed by atoms with Gasteiger partial charge in [-0.3, -0.25) is 15.1 Å². The molecule has 2 aromatic rings. The van der Waals surface area contributed by atoms with Gasteiger partial charge in [0, 0.05) is 31.2 Å². The van der Waals surface area contributed by atoms with E-state index in [2.05, 4.69) is 24.1 Å². The Labute approximate surface area is 178 Å². The molecular weight excluding hydrogens is 400 g/mol. The molecule has 0 unspecified atom stereocenters. The molecule has 2 saturated heterocycles. The van der Waals surface area contributed by atoms with Crippen molar-refractivity contribution in [2.75, 3.05) is 19.6 Å². The highest BCUT2D eigenvalue weighted by Gasteiger charge is 2.51. The lowest BCUT2D eigenvalue weighted by Gasteiger charge is -2.45. The molecule has 4 rings (SSSR count). The zero-order chi connectivity index (χ0) is 21.5. The number of amides is 1. The first-order chi connectivity index (χ1) is 14.3. The Morgan fingerprint density at radius 2 is 1.93 bits per heavy atom. The Hall–Kier alpha value is -2.03. The van der Waals surface area contributed by atoms with E-state index in [1.807, 2.05) is 24.0 Å². The standard InChI is InChI=1S/C22H30N4O3S/c1-4-16(2)15-26-21(27)17(3)24-22(26)10-13-25(14-11-22)30(28,29)19-9-5-7-18-8-6-12-23-20(18)19/h5-9,12,16-17,24H,4,10-11,13-15H2,1-3H3/t16-,17+/m1/s1. The summed E-state index contributed by atoms with van der Waals surface area (Å²) in [6.45, 7) is 7.61. The first-order valence-corrected chi connectivity index (χ1v) is 12.2. The van der Waals surface area contributed by atoms with Gasteiger partial charge in [-0.1, -0.05) is 38.5 Å². The Morgan fingerprint density at radius 1 is 1.23 bits per heavy atom. The average molecular weight is 431 g/mol. The molecule has 2 aliphatic rings. The monoisotopic (exact) mass is 430 g/mol. The van der Waals surface area contributed by atoms with Crippen molar-refractivity contribution in [1.29, 1.82) is 0 Å². The zero-order valence-corrected chi connectivity index (χ0v) is 18.7. The minimum Gasteiger partial charge on any atom is -0.323 e. The minimum absolute atomic E-state index is 0.116. The summed E-state index contributed by atoms with van der Waals surface area (Å²) in [5.74, 6) is 0.520. The molecule has 8 heteroatoms. The van der Waals surface area contributed by atoms with Crippen LogP contribution in [-0.2, 0) is 14.8 Å². The molecule has 1 amide bonds. The molecular formula is C22H30N4O3S. The fraction of sp³-hybridized carbons (Fsp3) is 0.545. The third kappa shape index (κ3) is 3.50. The molecule has 0 aliphatic carbocycles. The van der Waals surface area contributed by atoms with Gasteiger partial charge < -0.3 is 4.90 Å². The van der Waals surface area contributed by atoms with E-state index in [4.69, 9.17) is 0 Å². The van der Waals surface area contributed by atoms with Gasteiger partial charge in [-0.25, -0.2) is 8.42 Å². The molecule has 0 saturated carbocycles. The van der Waals surface area contributed by atoms with Crippen molar-refractivity contribution >= 4 is 26.8 Å². The molecule has 1 N–H and O–H groups in total. The van der Waals surface area contributed by atoms with Crippen LogP contribution < -0.4 is 5.32 Å². The minimum atomic E-state index is -3.67. The lowest BCUT2D eigenvalue weighted by Crippen LogP contribution is -2.60. The van der Waals surface area contributed by atoms with E-state index in [1.165, 1.54) is 4.31 Å². The van der Waals surface area contributed by atoms with Crippen LogP contribution >= 0.6 is 0 Å². The summed E-state index contributed by atoms with van der Waals surface area (Å²) >= 11 is 0. The maximum atomic E-state index is 13.4. The molecule has 3 heterocycles. The van der Waals surface area contributed by atoms with Crippen molar-refractivity contribution < 1.29 is 13.2 Å². The van der Waals surface area contributed by atoms with Crippen molar-refractivity contribution in [2.45, 2.75) is 56.6 Å². The van der Waals surface area contributed by atoms with E-state index < -0.39 is 15.7 Å². The first kappa shape index (κ1) is 21.2. The van der Waals surface area contributed by atoms with Gasteiger partial charge in [0.25, 0.3) is 0 Å². The van der Waals surface area contributed by atoms with Gasteiger partial charge in [0.05, 0.1) is 17.2 Å². The highest BCUT2D eigenvalue weighted by atomic mass is 32.2. The van der Waals surface area contributed by atoms with E-state index in [1.54, 1.807) is 24.4 Å². The summed E-state index contributed by atoms with van der Waals surface area (Å²) in [6.07, 6.45) is 3.78. The van der Waals surface area contributed by atoms with Gasteiger partial charge in [0.1, 0.15) is 4.90 Å². The molecule has 30 heavy (non-hydrogen) atoms. The third-order valence-corrected chi connectivity index (χ3v) is 8.52. The highest BCUT2D eigenvalue weighted by Crippen LogP contribution is 2.35. The van der Waals surface area contributed by atoms with Crippen LogP contribution in [-0.4, -0.2) is 59.9 Å². The number of carbonyl (C=O) groups excluding carboxylic acids is 1. The summed E-state index contributed by atoms with van der Waals surface area (Å²) in [5.41, 5.74) is 0.0460. The van der Waals surface area contributed by atoms with Crippen LogP contribution in [0.3, 0.4) is 0 Å². The molecule has 1 aromatic carbocycles. The van der Waals surface area contributed by atoms with Crippen LogP contribution in [0.15, 0.2) is 41.4 Å². The molecule has 162 valence electrons. The Balaban J connectivity index is 1.58. The Morgan fingerprint density at radius 3 is 2.63 bits per heavy atom. The van der Waals surface area contributed by atoms with Crippen molar-refractivity contribution in [3.63, 3.8) is 0 Å². The number of hydrogen-bond donors (Lipinski definition) is 1. The van der Waals surface area contributed by atoms with Gasteiger partial charge in [-0.2, -0.15) is 4.31 Å². The second-order valence-corrected chi connectivity index (χ2v) is 10.5. The van der Waals surface area contributed by atoms with Crippen molar-refractivity contribution in [2.24, 2.45) is 5.92 Å². The fourth-order valence-electron chi connectivity index (χ4n) is 4.63. The molecule has 2 atom stereocenters. The summed E-state index contributed by atoms with van der Waals surface area (Å²) < 4.78 is 28.4. The predicted octanol–water partition coefficient (Wildman–Crippen LogP) is 2.58. The number of pyridine rings is 1. The van der Waals surface area contributed by atoms with Gasteiger partial charge >= 0.3 is 0 Å². The predicted molar refractivity (Wildman–Crippen MR) is 116 cm³/mol. The average Bonchev–Trinajstić information content (AvgIpc) is 2.97. The lowest BCUT2D eigenvalue weighted by atomic mass is 9.95. The highest BCUT2D eigenvalue weighted by molar-refractivity contribution is 7.89.